The summed E-state index contributed by atoms with van der Waals surface area (Å²) in [7, 11) is 3.29. The minimum absolute atomic E-state index is 0.0553. The number of anilines is 3. The van der Waals surface area contributed by atoms with E-state index >= 15 is 0 Å². The molecule has 0 heterocycles. The first-order chi connectivity index (χ1) is 11.5. The van der Waals surface area contributed by atoms with E-state index in [1.807, 2.05) is 12.1 Å². The minimum Gasteiger partial charge on any atom is -0.375 e. The van der Waals surface area contributed by atoms with E-state index in [2.05, 4.69) is 16.0 Å². The van der Waals surface area contributed by atoms with Crippen molar-refractivity contribution in [3.8, 4) is 0 Å². The summed E-state index contributed by atoms with van der Waals surface area (Å²) < 4.78 is 0. The third kappa shape index (κ3) is 4.89. The smallest absolute Gasteiger partial charge is 0.321 e. The zero-order valence-corrected chi connectivity index (χ0v) is 14.2. The van der Waals surface area contributed by atoms with Crippen LogP contribution < -0.4 is 16.0 Å². The Labute approximate surface area is 145 Å². The summed E-state index contributed by atoms with van der Waals surface area (Å²) in [4.78, 5) is 25.3. The molecule has 0 aromatic heterocycles. The van der Waals surface area contributed by atoms with E-state index in [0.29, 0.717) is 22.1 Å². The van der Waals surface area contributed by atoms with Crippen LogP contribution >= 0.6 is 11.6 Å². The summed E-state index contributed by atoms with van der Waals surface area (Å²) in [5, 5.41) is 9.01. The zero-order chi connectivity index (χ0) is 17.5. The van der Waals surface area contributed by atoms with Crippen LogP contribution in [-0.2, 0) is 4.79 Å². The molecule has 24 heavy (non-hydrogen) atoms. The van der Waals surface area contributed by atoms with Gasteiger partial charge in [-0.15, -0.1) is 0 Å². The molecule has 0 bridgehead atoms. The van der Waals surface area contributed by atoms with Crippen molar-refractivity contribution < 1.29 is 9.59 Å². The number of rotatable bonds is 5. The molecular formula is C17H19ClN4O2. The average molecular weight is 347 g/mol. The molecule has 2 aromatic carbocycles. The van der Waals surface area contributed by atoms with Gasteiger partial charge in [-0.1, -0.05) is 35.9 Å². The van der Waals surface area contributed by atoms with Crippen molar-refractivity contribution in [3.63, 3.8) is 0 Å². The van der Waals surface area contributed by atoms with Gasteiger partial charge in [-0.25, -0.2) is 4.79 Å². The van der Waals surface area contributed by atoms with Crippen molar-refractivity contribution >= 4 is 40.6 Å². The summed E-state index contributed by atoms with van der Waals surface area (Å²) in [5.74, 6) is -0.249. The van der Waals surface area contributed by atoms with E-state index in [1.54, 1.807) is 50.5 Å². The number of benzene rings is 2. The Morgan fingerprint density at radius 1 is 0.917 bits per heavy atom. The van der Waals surface area contributed by atoms with Gasteiger partial charge in [0.05, 0.1) is 28.6 Å². The Morgan fingerprint density at radius 3 is 2.04 bits per heavy atom. The van der Waals surface area contributed by atoms with Gasteiger partial charge < -0.3 is 20.9 Å². The number of nitrogens with zero attached hydrogens (tertiary/aromatic N) is 1. The molecule has 0 unspecified atom stereocenters. The van der Waals surface area contributed by atoms with Crippen molar-refractivity contribution in [1.82, 2.24) is 4.90 Å². The number of para-hydroxylation sites is 3. The van der Waals surface area contributed by atoms with Crippen LogP contribution in [0.5, 0.6) is 0 Å². The van der Waals surface area contributed by atoms with Crippen LogP contribution in [0.15, 0.2) is 48.5 Å². The molecule has 0 saturated heterocycles. The SMILES string of the molecule is CN(C)C(=O)Nc1ccccc1NC(=O)CNc1ccccc1Cl. The van der Waals surface area contributed by atoms with Gasteiger partial charge in [-0.3, -0.25) is 4.79 Å². The zero-order valence-electron chi connectivity index (χ0n) is 13.5. The maximum Gasteiger partial charge on any atom is 0.321 e. The number of halogens is 1. The predicted molar refractivity (Wildman–Crippen MR) is 97.7 cm³/mol. The second-order valence-corrected chi connectivity index (χ2v) is 5.66. The molecule has 0 fully saturated rings. The highest BCUT2D eigenvalue weighted by Crippen LogP contribution is 2.22. The number of amides is 3. The van der Waals surface area contributed by atoms with Crippen LogP contribution in [0.4, 0.5) is 21.9 Å². The number of urea groups is 1. The normalized spacial score (nSPS) is 9.96. The van der Waals surface area contributed by atoms with E-state index in [9.17, 15) is 9.59 Å². The number of hydrogen-bond acceptors (Lipinski definition) is 3. The predicted octanol–water partition coefficient (Wildman–Crippen LogP) is 3.48. The summed E-state index contributed by atoms with van der Waals surface area (Å²) >= 11 is 6.03. The maximum absolute atomic E-state index is 12.1. The molecule has 3 amide bonds. The van der Waals surface area contributed by atoms with Crippen LogP contribution in [0.2, 0.25) is 5.02 Å². The maximum atomic E-state index is 12.1. The Hall–Kier alpha value is -2.73. The summed E-state index contributed by atoms with van der Waals surface area (Å²) in [6.07, 6.45) is 0. The summed E-state index contributed by atoms with van der Waals surface area (Å²) in [6.45, 7) is 0.0553. The lowest BCUT2D eigenvalue weighted by Gasteiger charge is -2.16. The topological polar surface area (TPSA) is 73.5 Å². The third-order valence-electron chi connectivity index (χ3n) is 3.16. The lowest BCUT2D eigenvalue weighted by Crippen LogP contribution is -2.28. The fraction of sp³-hybridized carbons (Fsp3) is 0.176. The summed E-state index contributed by atoms with van der Waals surface area (Å²) in [5.41, 5.74) is 1.74. The quantitative estimate of drug-likeness (QED) is 0.776. The third-order valence-corrected chi connectivity index (χ3v) is 3.49. The van der Waals surface area contributed by atoms with Gasteiger partial charge in [0, 0.05) is 14.1 Å². The first-order valence-electron chi connectivity index (χ1n) is 7.33. The van der Waals surface area contributed by atoms with Gasteiger partial charge in [0.15, 0.2) is 0 Å². The molecule has 0 spiro atoms. The van der Waals surface area contributed by atoms with Crippen molar-refractivity contribution in [2.45, 2.75) is 0 Å². The van der Waals surface area contributed by atoms with Crippen molar-refractivity contribution in [1.29, 1.82) is 0 Å². The molecule has 0 radical (unpaired) electrons. The van der Waals surface area contributed by atoms with Gasteiger partial charge in [0.25, 0.3) is 0 Å². The molecule has 0 aliphatic heterocycles. The highest BCUT2D eigenvalue weighted by atomic mass is 35.5. The van der Waals surface area contributed by atoms with Gasteiger partial charge in [0.2, 0.25) is 5.91 Å². The van der Waals surface area contributed by atoms with E-state index in [-0.39, 0.29) is 18.5 Å². The summed E-state index contributed by atoms with van der Waals surface area (Å²) in [6, 6.07) is 13.9. The molecule has 7 heteroatoms. The number of carbonyl (C=O) groups is 2. The Balaban J connectivity index is 1.99. The minimum atomic E-state index is -0.272. The molecule has 3 N–H and O–H groups in total. The Kier molecular flexibility index (Phi) is 6.03. The second-order valence-electron chi connectivity index (χ2n) is 5.25. The first kappa shape index (κ1) is 17.6. The number of hydrogen-bond donors (Lipinski definition) is 3. The standard InChI is InChI=1S/C17H19ClN4O2/c1-22(2)17(24)21-15-10-6-5-9-14(15)20-16(23)11-19-13-8-4-3-7-12(13)18/h3-10,19H,11H2,1-2H3,(H,20,23)(H,21,24). The van der Waals surface area contributed by atoms with Crippen LogP contribution in [0.1, 0.15) is 0 Å². The lowest BCUT2D eigenvalue weighted by atomic mass is 10.2. The van der Waals surface area contributed by atoms with E-state index < -0.39 is 0 Å². The molecule has 126 valence electrons. The number of nitrogens with one attached hydrogen (secondary N) is 3. The fourth-order valence-electron chi connectivity index (χ4n) is 1.90. The van der Waals surface area contributed by atoms with Gasteiger partial charge in [-0.05, 0) is 24.3 Å². The molecule has 0 saturated carbocycles. The fourth-order valence-corrected chi connectivity index (χ4v) is 2.11. The molecule has 0 aliphatic rings. The largest absolute Gasteiger partial charge is 0.375 e. The molecular weight excluding hydrogens is 328 g/mol. The van der Waals surface area contributed by atoms with Crippen molar-refractivity contribution in [3.05, 3.63) is 53.6 Å². The highest BCUT2D eigenvalue weighted by molar-refractivity contribution is 6.33. The number of carbonyl (C=O) groups excluding carboxylic acids is 2. The first-order valence-corrected chi connectivity index (χ1v) is 7.71. The van der Waals surface area contributed by atoms with E-state index in [1.165, 1.54) is 4.90 Å². The molecule has 0 atom stereocenters. The second kappa shape index (κ2) is 8.21. The lowest BCUT2D eigenvalue weighted by molar-refractivity contribution is -0.114. The van der Waals surface area contributed by atoms with Crippen molar-refractivity contribution in [2.24, 2.45) is 0 Å². The molecule has 2 aromatic rings. The highest BCUT2D eigenvalue weighted by Gasteiger charge is 2.10. The van der Waals surface area contributed by atoms with Gasteiger partial charge >= 0.3 is 6.03 Å². The van der Waals surface area contributed by atoms with Crippen LogP contribution in [0.25, 0.3) is 0 Å². The van der Waals surface area contributed by atoms with Crippen molar-refractivity contribution in [2.75, 3.05) is 36.6 Å². The van der Waals surface area contributed by atoms with Gasteiger partial charge in [-0.2, -0.15) is 0 Å². The Bertz CT molecular complexity index is 734. The molecule has 0 aliphatic carbocycles. The van der Waals surface area contributed by atoms with E-state index in [0.717, 1.165) is 0 Å². The van der Waals surface area contributed by atoms with Crippen LogP contribution in [-0.4, -0.2) is 37.5 Å². The average Bonchev–Trinajstić information content (AvgIpc) is 2.55. The Morgan fingerprint density at radius 2 is 1.46 bits per heavy atom. The van der Waals surface area contributed by atoms with E-state index in [4.69, 9.17) is 11.6 Å². The van der Waals surface area contributed by atoms with Crippen LogP contribution in [0, 0.1) is 0 Å². The molecule has 2 rings (SSSR count). The molecule has 6 nitrogen and oxygen atoms in total. The van der Waals surface area contributed by atoms with Gasteiger partial charge in [0.1, 0.15) is 0 Å². The van der Waals surface area contributed by atoms with Crippen LogP contribution in [0.3, 0.4) is 0 Å². The monoisotopic (exact) mass is 346 g/mol.